The van der Waals surface area contributed by atoms with Crippen molar-refractivity contribution in [2.45, 2.75) is 13.3 Å². The molecule has 0 bridgehead atoms. The Labute approximate surface area is 143 Å². The van der Waals surface area contributed by atoms with E-state index in [-0.39, 0.29) is 11.8 Å². The molecule has 0 saturated carbocycles. The molecule has 0 aliphatic carbocycles. The Morgan fingerprint density at radius 2 is 2.00 bits per heavy atom. The summed E-state index contributed by atoms with van der Waals surface area (Å²) in [4.78, 5) is 12.4. The van der Waals surface area contributed by atoms with Gasteiger partial charge in [0.1, 0.15) is 5.75 Å². The van der Waals surface area contributed by atoms with Gasteiger partial charge in [-0.25, -0.2) is 0 Å². The van der Waals surface area contributed by atoms with Crippen molar-refractivity contribution in [3.05, 3.63) is 59.7 Å². The first-order valence-corrected chi connectivity index (χ1v) is 8.40. The Morgan fingerprint density at radius 1 is 1.25 bits per heavy atom. The molecule has 0 radical (unpaired) electrons. The van der Waals surface area contributed by atoms with E-state index in [9.17, 15) is 4.79 Å². The van der Waals surface area contributed by atoms with Crippen molar-refractivity contribution in [3.8, 4) is 5.75 Å². The highest BCUT2D eigenvalue weighted by Gasteiger charge is 2.28. The fourth-order valence-corrected chi connectivity index (χ4v) is 2.94. The Hall–Kier alpha value is -2.33. The molecule has 3 rings (SSSR count). The van der Waals surface area contributed by atoms with Crippen molar-refractivity contribution >= 4 is 11.6 Å². The lowest BCUT2D eigenvalue weighted by molar-refractivity contribution is -0.121. The van der Waals surface area contributed by atoms with Gasteiger partial charge >= 0.3 is 0 Å². The van der Waals surface area contributed by atoms with Crippen LogP contribution >= 0.6 is 0 Å². The van der Waals surface area contributed by atoms with Gasteiger partial charge < -0.3 is 15.4 Å². The molecule has 2 N–H and O–H groups in total. The summed E-state index contributed by atoms with van der Waals surface area (Å²) in [5, 5.41) is 6.26. The van der Waals surface area contributed by atoms with Crippen LogP contribution in [-0.4, -0.2) is 26.1 Å². The normalized spacial score (nSPS) is 15.4. The van der Waals surface area contributed by atoms with E-state index in [0.29, 0.717) is 5.92 Å². The van der Waals surface area contributed by atoms with Crippen molar-refractivity contribution in [1.82, 2.24) is 5.32 Å². The first kappa shape index (κ1) is 16.5. The molecule has 1 unspecified atom stereocenters. The predicted octanol–water partition coefficient (Wildman–Crippen LogP) is 3.08. The minimum absolute atomic E-state index is 0.0194. The van der Waals surface area contributed by atoms with Crippen LogP contribution in [0.25, 0.3) is 0 Å². The minimum atomic E-state index is 0.0194. The number of methoxy groups -OCH3 is 1. The fraction of sp³-hybridized carbons (Fsp3) is 0.350. The molecule has 1 heterocycles. The van der Waals surface area contributed by atoms with E-state index < -0.39 is 0 Å². The van der Waals surface area contributed by atoms with Gasteiger partial charge in [0.15, 0.2) is 0 Å². The van der Waals surface area contributed by atoms with Crippen molar-refractivity contribution < 1.29 is 9.53 Å². The summed E-state index contributed by atoms with van der Waals surface area (Å²) in [6, 6.07) is 16.1. The van der Waals surface area contributed by atoms with E-state index in [4.69, 9.17) is 4.74 Å². The molecule has 2 aromatic carbocycles. The van der Waals surface area contributed by atoms with Crippen LogP contribution in [0.15, 0.2) is 48.5 Å². The van der Waals surface area contributed by atoms with E-state index in [1.807, 2.05) is 43.3 Å². The highest BCUT2D eigenvalue weighted by Crippen LogP contribution is 2.26. The van der Waals surface area contributed by atoms with Gasteiger partial charge in [-0.15, -0.1) is 0 Å². The van der Waals surface area contributed by atoms with Crippen LogP contribution in [0.3, 0.4) is 0 Å². The summed E-state index contributed by atoms with van der Waals surface area (Å²) in [5.74, 6) is 1.38. The van der Waals surface area contributed by atoms with Crippen LogP contribution in [-0.2, 0) is 11.2 Å². The molecular formula is C20H24N2O2. The molecule has 4 heteroatoms. The second-order valence-electron chi connectivity index (χ2n) is 6.39. The molecule has 1 saturated heterocycles. The minimum Gasteiger partial charge on any atom is -0.496 e. The van der Waals surface area contributed by atoms with E-state index >= 15 is 0 Å². The van der Waals surface area contributed by atoms with Gasteiger partial charge in [-0.05, 0) is 42.8 Å². The van der Waals surface area contributed by atoms with E-state index in [1.165, 1.54) is 5.56 Å². The second kappa shape index (κ2) is 7.49. The van der Waals surface area contributed by atoms with E-state index in [0.717, 1.165) is 36.5 Å². The summed E-state index contributed by atoms with van der Waals surface area (Å²) in [6.45, 7) is 3.85. The Kier molecular flexibility index (Phi) is 5.16. The van der Waals surface area contributed by atoms with Crippen LogP contribution in [0.2, 0.25) is 0 Å². The van der Waals surface area contributed by atoms with Crippen molar-refractivity contribution in [1.29, 1.82) is 0 Å². The van der Waals surface area contributed by atoms with Crippen LogP contribution in [0, 0.1) is 11.8 Å². The third kappa shape index (κ3) is 3.77. The number of ether oxygens (including phenoxy) is 1. The molecule has 1 fully saturated rings. The maximum atomic E-state index is 12.4. The maximum absolute atomic E-state index is 12.4. The second-order valence-corrected chi connectivity index (χ2v) is 6.39. The largest absolute Gasteiger partial charge is 0.496 e. The molecule has 1 aliphatic rings. The maximum Gasteiger partial charge on any atom is 0.227 e. The van der Waals surface area contributed by atoms with Gasteiger partial charge in [0.05, 0.1) is 7.11 Å². The van der Waals surface area contributed by atoms with Crippen molar-refractivity contribution in [2.24, 2.45) is 11.8 Å². The number of carbonyl (C=O) groups is 1. The zero-order valence-electron chi connectivity index (χ0n) is 14.2. The first-order chi connectivity index (χ1) is 11.7. The van der Waals surface area contributed by atoms with Gasteiger partial charge in [0, 0.05) is 23.6 Å². The topological polar surface area (TPSA) is 50.4 Å². The van der Waals surface area contributed by atoms with Crippen molar-refractivity contribution in [3.63, 3.8) is 0 Å². The number of benzene rings is 2. The molecule has 1 atom stereocenters. The zero-order chi connectivity index (χ0) is 16.9. The Balaban J connectivity index is 1.74. The SMILES string of the molecule is COc1ccc(NC(=O)C(C)C2CNC2)cc1Cc1ccccc1. The quantitative estimate of drug-likeness (QED) is 0.858. The molecule has 0 aromatic heterocycles. The summed E-state index contributed by atoms with van der Waals surface area (Å²) in [6.07, 6.45) is 0.774. The van der Waals surface area contributed by atoms with Crippen LogP contribution in [0.1, 0.15) is 18.1 Å². The molecular weight excluding hydrogens is 300 g/mol. The van der Waals surface area contributed by atoms with E-state index in [2.05, 4.69) is 22.8 Å². The summed E-state index contributed by atoms with van der Waals surface area (Å²) >= 11 is 0. The first-order valence-electron chi connectivity index (χ1n) is 8.40. The van der Waals surface area contributed by atoms with Crippen LogP contribution < -0.4 is 15.4 Å². The lowest BCUT2D eigenvalue weighted by Crippen LogP contribution is -2.48. The highest BCUT2D eigenvalue weighted by atomic mass is 16.5. The average molecular weight is 324 g/mol. The van der Waals surface area contributed by atoms with Gasteiger partial charge in [-0.1, -0.05) is 37.3 Å². The van der Waals surface area contributed by atoms with Crippen molar-refractivity contribution in [2.75, 3.05) is 25.5 Å². The van der Waals surface area contributed by atoms with Gasteiger partial charge in [0.25, 0.3) is 0 Å². The van der Waals surface area contributed by atoms with Gasteiger partial charge in [0.2, 0.25) is 5.91 Å². The lowest BCUT2D eigenvalue weighted by Gasteiger charge is -2.31. The standard InChI is InChI=1S/C20H24N2O2/c1-14(17-12-21-13-17)20(23)22-18-8-9-19(24-2)16(11-18)10-15-6-4-3-5-7-15/h3-9,11,14,17,21H,10,12-13H2,1-2H3,(H,22,23). The van der Waals surface area contributed by atoms with Crippen LogP contribution in [0.5, 0.6) is 5.75 Å². The molecule has 24 heavy (non-hydrogen) atoms. The smallest absolute Gasteiger partial charge is 0.227 e. The third-order valence-corrected chi connectivity index (χ3v) is 4.72. The number of rotatable bonds is 6. The van der Waals surface area contributed by atoms with E-state index in [1.54, 1.807) is 7.11 Å². The Bertz CT molecular complexity index is 696. The molecule has 0 spiro atoms. The molecule has 126 valence electrons. The fourth-order valence-electron chi connectivity index (χ4n) is 2.94. The van der Waals surface area contributed by atoms with Gasteiger partial charge in [-0.3, -0.25) is 4.79 Å². The number of hydrogen-bond donors (Lipinski definition) is 2. The monoisotopic (exact) mass is 324 g/mol. The number of anilines is 1. The predicted molar refractivity (Wildman–Crippen MR) is 96.4 cm³/mol. The molecule has 2 aromatic rings. The molecule has 1 amide bonds. The average Bonchev–Trinajstić information content (AvgIpc) is 2.54. The number of amides is 1. The molecule has 4 nitrogen and oxygen atoms in total. The summed E-state index contributed by atoms with van der Waals surface area (Å²) in [7, 11) is 1.67. The molecule has 1 aliphatic heterocycles. The zero-order valence-corrected chi connectivity index (χ0v) is 14.2. The number of nitrogens with one attached hydrogen (secondary N) is 2. The summed E-state index contributed by atoms with van der Waals surface area (Å²) in [5.41, 5.74) is 3.11. The Morgan fingerprint density at radius 3 is 2.62 bits per heavy atom. The lowest BCUT2D eigenvalue weighted by atomic mass is 9.88. The number of hydrogen-bond acceptors (Lipinski definition) is 3. The van der Waals surface area contributed by atoms with Crippen LogP contribution in [0.4, 0.5) is 5.69 Å². The third-order valence-electron chi connectivity index (χ3n) is 4.72. The number of carbonyl (C=O) groups excluding carboxylic acids is 1. The highest BCUT2D eigenvalue weighted by molar-refractivity contribution is 5.92. The summed E-state index contributed by atoms with van der Waals surface area (Å²) < 4.78 is 5.47. The van der Waals surface area contributed by atoms with Gasteiger partial charge in [-0.2, -0.15) is 0 Å².